The summed E-state index contributed by atoms with van der Waals surface area (Å²) in [7, 11) is 0. The minimum absolute atomic E-state index is 0.739. The molecule has 1 nitrogen and oxygen atoms in total. The Hall–Kier alpha value is -0.950. The van der Waals surface area contributed by atoms with Crippen molar-refractivity contribution < 1.29 is 0 Å². The van der Waals surface area contributed by atoms with Gasteiger partial charge in [0.25, 0.3) is 0 Å². The van der Waals surface area contributed by atoms with Gasteiger partial charge in [-0.3, -0.25) is 0 Å². The SMILES string of the molecule is CC(C)CCCCCCCCCCCNC(Cl)=Cc1ccccc1. The van der Waals surface area contributed by atoms with Gasteiger partial charge in [-0.25, -0.2) is 0 Å². The van der Waals surface area contributed by atoms with Gasteiger partial charge in [0.1, 0.15) is 5.16 Å². The molecule has 0 radical (unpaired) electrons. The van der Waals surface area contributed by atoms with E-state index in [0.29, 0.717) is 0 Å². The highest BCUT2D eigenvalue weighted by molar-refractivity contribution is 6.31. The quantitative estimate of drug-likeness (QED) is 0.273. The normalized spacial score (nSPS) is 11.9. The molecule has 0 bridgehead atoms. The predicted octanol–water partition coefficient (Wildman–Crippen LogP) is 7.37. The molecule has 0 saturated heterocycles. The second-order valence-corrected chi connectivity index (χ2v) is 7.60. The van der Waals surface area contributed by atoms with Gasteiger partial charge in [0, 0.05) is 6.54 Å². The number of unbranched alkanes of at least 4 members (excludes halogenated alkanes) is 8. The third-order valence-corrected chi connectivity index (χ3v) is 4.59. The monoisotopic (exact) mass is 349 g/mol. The molecule has 1 aromatic rings. The van der Waals surface area contributed by atoms with Crippen LogP contribution in [0.25, 0.3) is 6.08 Å². The zero-order chi connectivity index (χ0) is 17.5. The minimum Gasteiger partial charge on any atom is -0.376 e. The molecule has 0 aliphatic rings. The van der Waals surface area contributed by atoms with E-state index in [4.69, 9.17) is 11.6 Å². The van der Waals surface area contributed by atoms with E-state index < -0.39 is 0 Å². The third kappa shape index (κ3) is 12.5. The Labute approximate surface area is 154 Å². The number of hydrogen-bond acceptors (Lipinski definition) is 1. The standard InChI is InChI=1S/C22H36ClN/c1-20(2)15-11-8-6-4-3-5-7-9-14-18-24-22(23)19-21-16-12-10-13-17-21/h10,12-13,16-17,19-20,24H,3-9,11,14-15,18H2,1-2H3. The number of nitrogens with one attached hydrogen (secondary N) is 1. The van der Waals surface area contributed by atoms with Crippen molar-refractivity contribution in [2.45, 2.75) is 78.1 Å². The first kappa shape index (κ1) is 21.1. The van der Waals surface area contributed by atoms with E-state index in [1.165, 1.54) is 64.2 Å². The average Bonchev–Trinajstić information content (AvgIpc) is 2.56. The number of benzene rings is 1. The van der Waals surface area contributed by atoms with E-state index in [9.17, 15) is 0 Å². The summed E-state index contributed by atoms with van der Waals surface area (Å²) in [6.07, 6.45) is 15.7. The van der Waals surface area contributed by atoms with Crippen LogP contribution in [-0.4, -0.2) is 6.54 Å². The molecule has 1 rings (SSSR count). The molecule has 1 N–H and O–H groups in total. The smallest absolute Gasteiger partial charge is 0.102 e. The molecule has 24 heavy (non-hydrogen) atoms. The van der Waals surface area contributed by atoms with Crippen LogP contribution >= 0.6 is 11.6 Å². The Morgan fingerprint density at radius 2 is 1.42 bits per heavy atom. The van der Waals surface area contributed by atoms with Crippen molar-refractivity contribution in [1.29, 1.82) is 0 Å². The first-order valence-corrected chi connectivity index (χ1v) is 10.2. The van der Waals surface area contributed by atoms with Crippen LogP contribution in [-0.2, 0) is 0 Å². The molecule has 0 saturated carbocycles. The number of rotatable bonds is 14. The van der Waals surface area contributed by atoms with Gasteiger partial charge in [-0.05, 0) is 24.0 Å². The summed E-state index contributed by atoms with van der Waals surface area (Å²) in [5, 5.41) is 4.03. The molecule has 0 amide bonds. The Bertz CT molecular complexity index is 425. The van der Waals surface area contributed by atoms with Gasteiger partial charge in [-0.2, -0.15) is 0 Å². The summed E-state index contributed by atoms with van der Waals surface area (Å²) in [4.78, 5) is 0. The van der Waals surface area contributed by atoms with Crippen LogP contribution in [0.15, 0.2) is 35.5 Å². The van der Waals surface area contributed by atoms with E-state index >= 15 is 0 Å². The summed E-state index contributed by atoms with van der Waals surface area (Å²) in [5.74, 6) is 0.870. The molecular formula is C22H36ClN. The lowest BCUT2D eigenvalue weighted by molar-refractivity contribution is 0.505. The van der Waals surface area contributed by atoms with Gasteiger partial charge in [-0.15, -0.1) is 0 Å². The zero-order valence-corrected chi connectivity index (χ0v) is 16.5. The first-order valence-electron chi connectivity index (χ1n) is 9.84. The van der Waals surface area contributed by atoms with E-state index in [1.54, 1.807) is 0 Å². The molecule has 0 fully saturated rings. The fourth-order valence-corrected chi connectivity index (χ4v) is 3.09. The lowest BCUT2D eigenvalue weighted by Gasteiger charge is -2.06. The first-order chi connectivity index (χ1) is 11.7. The molecule has 0 heterocycles. The maximum Gasteiger partial charge on any atom is 0.102 e. The molecule has 0 aromatic heterocycles. The molecular weight excluding hydrogens is 314 g/mol. The van der Waals surface area contributed by atoms with Crippen molar-refractivity contribution in [3.8, 4) is 0 Å². The van der Waals surface area contributed by atoms with E-state index in [2.05, 4.69) is 31.3 Å². The summed E-state index contributed by atoms with van der Waals surface area (Å²) in [5.41, 5.74) is 1.14. The van der Waals surface area contributed by atoms with Crippen LogP contribution in [0.4, 0.5) is 0 Å². The Kier molecular flexibility index (Phi) is 12.7. The molecule has 0 aliphatic heterocycles. The Morgan fingerprint density at radius 1 is 0.875 bits per heavy atom. The van der Waals surface area contributed by atoms with E-state index in [0.717, 1.165) is 23.2 Å². The Morgan fingerprint density at radius 3 is 2.00 bits per heavy atom. The molecule has 0 aliphatic carbocycles. The number of hydrogen-bond donors (Lipinski definition) is 1. The fraction of sp³-hybridized carbons (Fsp3) is 0.636. The highest BCUT2D eigenvalue weighted by atomic mass is 35.5. The van der Waals surface area contributed by atoms with Gasteiger partial charge in [0.05, 0.1) is 0 Å². The van der Waals surface area contributed by atoms with Crippen LogP contribution in [0.5, 0.6) is 0 Å². The topological polar surface area (TPSA) is 12.0 Å². The van der Waals surface area contributed by atoms with Gasteiger partial charge < -0.3 is 5.32 Å². The van der Waals surface area contributed by atoms with Gasteiger partial charge in [-0.1, -0.05) is 114 Å². The lowest BCUT2D eigenvalue weighted by Crippen LogP contribution is -2.10. The minimum atomic E-state index is 0.739. The highest BCUT2D eigenvalue weighted by Crippen LogP contribution is 2.13. The van der Waals surface area contributed by atoms with Crippen molar-refractivity contribution in [1.82, 2.24) is 5.32 Å². The van der Waals surface area contributed by atoms with E-state index in [-0.39, 0.29) is 0 Å². The van der Waals surface area contributed by atoms with Crippen molar-refractivity contribution in [2.75, 3.05) is 6.54 Å². The zero-order valence-electron chi connectivity index (χ0n) is 15.7. The van der Waals surface area contributed by atoms with Crippen molar-refractivity contribution in [3.63, 3.8) is 0 Å². The maximum absolute atomic E-state index is 6.21. The van der Waals surface area contributed by atoms with Crippen LogP contribution in [0, 0.1) is 5.92 Å². The predicted molar refractivity (Wildman–Crippen MR) is 109 cm³/mol. The third-order valence-electron chi connectivity index (χ3n) is 4.35. The van der Waals surface area contributed by atoms with Crippen molar-refractivity contribution in [2.24, 2.45) is 5.92 Å². The van der Waals surface area contributed by atoms with Crippen LogP contribution in [0.3, 0.4) is 0 Å². The fourth-order valence-electron chi connectivity index (χ4n) is 2.87. The van der Waals surface area contributed by atoms with Crippen molar-refractivity contribution in [3.05, 3.63) is 41.1 Å². The van der Waals surface area contributed by atoms with Gasteiger partial charge in [0.15, 0.2) is 0 Å². The maximum atomic E-state index is 6.21. The molecule has 0 atom stereocenters. The Balaban J connectivity index is 1.88. The highest BCUT2D eigenvalue weighted by Gasteiger charge is 1.96. The largest absolute Gasteiger partial charge is 0.376 e. The second kappa shape index (κ2) is 14.4. The van der Waals surface area contributed by atoms with Crippen LogP contribution in [0.1, 0.15) is 83.6 Å². The lowest BCUT2D eigenvalue weighted by atomic mass is 10.0. The van der Waals surface area contributed by atoms with Crippen molar-refractivity contribution >= 4 is 17.7 Å². The van der Waals surface area contributed by atoms with Gasteiger partial charge >= 0.3 is 0 Å². The van der Waals surface area contributed by atoms with Crippen LogP contribution in [0.2, 0.25) is 0 Å². The number of halogens is 1. The summed E-state index contributed by atoms with van der Waals surface area (Å²) in [6, 6.07) is 10.2. The average molecular weight is 350 g/mol. The molecule has 0 spiro atoms. The summed E-state index contributed by atoms with van der Waals surface area (Å²) >= 11 is 6.21. The molecule has 2 heteroatoms. The molecule has 1 aromatic carbocycles. The summed E-state index contributed by atoms with van der Waals surface area (Å²) < 4.78 is 0. The second-order valence-electron chi connectivity index (χ2n) is 7.19. The molecule has 136 valence electrons. The summed E-state index contributed by atoms with van der Waals surface area (Å²) in [6.45, 7) is 5.61. The van der Waals surface area contributed by atoms with Gasteiger partial charge in [0.2, 0.25) is 0 Å². The molecule has 0 unspecified atom stereocenters. The van der Waals surface area contributed by atoms with Crippen LogP contribution < -0.4 is 5.32 Å². The van der Waals surface area contributed by atoms with E-state index in [1.807, 2.05) is 24.3 Å².